The molecule has 4 heteroatoms. The molecular weight excluding hydrogens is 180 g/mol. The van der Waals surface area contributed by atoms with E-state index in [0.717, 1.165) is 32.4 Å². The third kappa shape index (κ3) is 1.71. The maximum absolute atomic E-state index is 11.5. The topological polar surface area (TPSA) is 41.6 Å². The third-order valence-corrected chi connectivity index (χ3v) is 3.18. The zero-order valence-corrected chi connectivity index (χ0v) is 8.66. The summed E-state index contributed by atoms with van der Waals surface area (Å²) in [6.45, 7) is 4.73. The Morgan fingerprint density at radius 1 is 1.50 bits per heavy atom. The lowest BCUT2D eigenvalue weighted by molar-refractivity contribution is 0.133. The van der Waals surface area contributed by atoms with Gasteiger partial charge in [-0.2, -0.15) is 0 Å². The summed E-state index contributed by atoms with van der Waals surface area (Å²) >= 11 is 0. The summed E-state index contributed by atoms with van der Waals surface area (Å²) < 4.78 is 5.09. The second-order valence-electron chi connectivity index (χ2n) is 4.03. The predicted octanol–water partition coefficient (Wildman–Crippen LogP) is 0.969. The van der Waals surface area contributed by atoms with Gasteiger partial charge in [0.2, 0.25) is 0 Å². The first kappa shape index (κ1) is 9.77. The summed E-state index contributed by atoms with van der Waals surface area (Å²) in [5.41, 5.74) is 0. The lowest BCUT2D eigenvalue weighted by Gasteiger charge is -2.33. The van der Waals surface area contributed by atoms with Crippen molar-refractivity contribution in [2.45, 2.75) is 38.3 Å². The zero-order valence-electron chi connectivity index (χ0n) is 8.66. The molecule has 4 nitrogen and oxygen atoms in total. The first-order valence-corrected chi connectivity index (χ1v) is 5.48. The first-order valence-electron chi connectivity index (χ1n) is 5.48. The van der Waals surface area contributed by atoms with Gasteiger partial charge in [-0.05, 0) is 32.4 Å². The zero-order chi connectivity index (χ0) is 9.97. The van der Waals surface area contributed by atoms with Gasteiger partial charge in [-0.3, -0.25) is 4.90 Å². The Labute approximate surface area is 84.6 Å². The molecule has 0 aromatic carbocycles. The number of hydrogen-bond donors (Lipinski definition) is 1. The Morgan fingerprint density at radius 3 is 2.86 bits per heavy atom. The second kappa shape index (κ2) is 4.17. The highest BCUT2D eigenvalue weighted by molar-refractivity contribution is 5.70. The number of cyclic esters (lactones) is 1. The Morgan fingerprint density at radius 2 is 2.21 bits per heavy atom. The van der Waals surface area contributed by atoms with E-state index in [-0.39, 0.29) is 6.09 Å². The molecule has 0 aliphatic carbocycles. The van der Waals surface area contributed by atoms with E-state index in [1.54, 1.807) is 0 Å². The number of rotatable bonds is 2. The van der Waals surface area contributed by atoms with Crippen molar-refractivity contribution in [2.75, 3.05) is 19.7 Å². The highest BCUT2D eigenvalue weighted by atomic mass is 16.6. The van der Waals surface area contributed by atoms with E-state index in [1.807, 2.05) is 4.90 Å². The average Bonchev–Trinajstić information content (AvgIpc) is 2.61. The van der Waals surface area contributed by atoms with E-state index in [1.165, 1.54) is 0 Å². The molecule has 1 unspecified atom stereocenters. The number of nitrogens with zero attached hydrogens (tertiary/aromatic N) is 1. The number of carbonyl (C=O) groups is 1. The maximum atomic E-state index is 11.5. The fourth-order valence-electron chi connectivity index (χ4n) is 2.32. The third-order valence-electron chi connectivity index (χ3n) is 3.18. The van der Waals surface area contributed by atoms with Crippen LogP contribution in [0.4, 0.5) is 4.79 Å². The SMILES string of the molecule is CCC1COC(=O)N1C1CCNCC1. The van der Waals surface area contributed by atoms with Gasteiger partial charge in [0.25, 0.3) is 0 Å². The lowest BCUT2D eigenvalue weighted by atomic mass is 10.0. The van der Waals surface area contributed by atoms with Crippen LogP contribution in [-0.2, 0) is 4.74 Å². The van der Waals surface area contributed by atoms with E-state index in [9.17, 15) is 4.79 Å². The standard InChI is InChI=1S/C10H18N2O2/c1-2-8-7-14-10(13)12(8)9-3-5-11-6-4-9/h8-9,11H,2-7H2,1H3. The molecule has 0 saturated carbocycles. The van der Waals surface area contributed by atoms with Crippen LogP contribution in [0.25, 0.3) is 0 Å². The average molecular weight is 198 g/mol. The summed E-state index contributed by atoms with van der Waals surface area (Å²) in [7, 11) is 0. The first-order chi connectivity index (χ1) is 6.83. The van der Waals surface area contributed by atoms with Gasteiger partial charge in [0.05, 0.1) is 6.04 Å². The fourth-order valence-corrected chi connectivity index (χ4v) is 2.32. The van der Waals surface area contributed by atoms with Crippen molar-refractivity contribution in [3.05, 3.63) is 0 Å². The monoisotopic (exact) mass is 198 g/mol. The summed E-state index contributed by atoms with van der Waals surface area (Å²) in [5.74, 6) is 0. The van der Waals surface area contributed by atoms with Crippen LogP contribution < -0.4 is 5.32 Å². The number of piperidine rings is 1. The minimum atomic E-state index is -0.108. The van der Waals surface area contributed by atoms with Crippen LogP contribution in [0.3, 0.4) is 0 Å². The second-order valence-corrected chi connectivity index (χ2v) is 4.03. The van der Waals surface area contributed by atoms with Crippen LogP contribution in [0, 0.1) is 0 Å². The van der Waals surface area contributed by atoms with Crippen molar-refractivity contribution in [1.29, 1.82) is 0 Å². The van der Waals surface area contributed by atoms with Crippen LogP contribution >= 0.6 is 0 Å². The molecule has 14 heavy (non-hydrogen) atoms. The lowest BCUT2D eigenvalue weighted by Crippen LogP contribution is -2.47. The summed E-state index contributed by atoms with van der Waals surface area (Å²) in [6, 6.07) is 0.710. The number of nitrogens with one attached hydrogen (secondary N) is 1. The molecule has 80 valence electrons. The number of carbonyl (C=O) groups excluding carboxylic acids is 1. The number of amides is 1. The minimum absolute atomic E-state index is 0.108. The summed E-state index contributed by atoms with van der Waals surface area (Å²) in [4.78, 5) is 13.5. The molecule has 2 heterocycles. The Hall–Kier alpha value is -0.770. The highest BCUT2D eigenvalue weighted by Gasteiger charge is 2.37. The van der Waals surface area contributed by atoms with Gasteiger partial charge in [-0.25, -0.2) is 4.79 Å². The molecule has 0 bridgehead atoms. The van der Waals surface area contributed by atoms with Gasteiger partial charge in [-0.1, -0.05) is 6.92 Å². The van der Waals surface area contributed by atoms with Crippen LogP contribution in [0.1, 0.15) is 26.2 Å². The number of hydrogen-bond acceptors (Lipinski definition) is 3. The Bertz CT molecular complexity index is 214. The van der Waals surface area contributed by atoms with E-state index in [0.29, 0.717) is 18.7 Å². The molecule has 0 spiro atoms. The molecule has 2 aliphatic heterocycles. The van der Waals surface area contributed by atoms with Crippen molar-refractivity contribution >= 4 is 6.09 Å². The number of ether oxygens (including phenoxy) is 1. The Kier molecular flexibility index (Phi) is 2.91. The van der Waals surface area contributed by atoms with Crippen LogP contribution in [0.2, 0.25) is 0 Å². The van der Waals surface area contributed by atoms with Gasteiger partial charge in [0.15, 0.2) is 0 Å². The molecule has 0 aromatic heterocycles. The minimum Gasteiger partial charge on any atom is -0.447 e. The van der Waals surface area contributed by atoms with Crippen LogP contribution in [0.5, 0.6) is 0 Å². The van der Waals surface area contributed by atoms with Gasteiger partial charge in [0, 0.05) is 6.04 Å². The molecule has 0 aromatic rings. The van der Waals surface area contributed by atoms with E-state index in [2.05, 4.69) is 12.2 Å². The van der Waals surface area contributed by atoms with E-state index < -0.39 is 0 Å². The molecule has 0 radical (unpaired) electrons. The molecule has 2 saturated heterocycles. The molecule has 2 fully saturated rings. The molecule has 1 N–H and O–H groups in total. The molecule has 2 rings (SSSR count). The molecular formula is C10H18N2O2. The van der Waals surface area contributed by atoms with E-state index >= 15 is 0 Å². The maximum Gasteiger partial charge on any atom is 0.410 e. The van der Waals surface area contributed by atoms with Crippen molar-refractivity contribution in [3.8, 4) is 0 Å². The van der Waals surface area contributed by atoms with Crippen molar-refractivity contribution in [3.63, 3.8) is 0 Å². The van der Waals surface area contributed by atoms with E-state index in [4.69, 9.17) is 4.74 Å². The summed E-state index contributed by atoms with van der Waals surface area (Å²) in [5, 5.41) is 3.31. The van der Waals surface area contributed by atoms with Crippen LogP contribution in [0.15, 0.2) is 0 Å². The van der Waals surface area contributed by atoms with Crippen molar-refractivity contribution in [1.82, 2.24) is 10.2 Å². The predicted molar refractivity (Wildman–Crippen MR) is 53.2 cm³/mol. The fraction of sp³-hybridized carbons (Fsp3) is 0.900. The van der Waals surface area contributed by atoms with Gasteiger partial charge < -0.3 is 10.1 Å². The Balaban J connectivity index is 2.01. The van der Waals surface area contributed by atoms with Gasteiger partial charge in [-0.15, -0.1) is 0 Å². The normalized spacial score (nSPS) is 29.4. The molecule has 2 aliphatic rings. The quantitative estimate of drug-likeness (QED) is 0.719. The molecule has 1 atom stereocenters. The van der Waals surface area contributed by atoms with Crippen LogP contribution in [-0.4, -0.2) is 42.8 Å². The van der Waals surface area contributed by atoms with Crippen molar-refractivity contribution < 1.29 is 9.53 Å². The highest BCUT2D eigenvalue weighted by Crippen LogP contribution is 2.23. The summed E-state index contributed by atoms with van der Waals surface area (Å²) in [6.07, 6.45) is 3.01. The smallest absolute Gasteiger partial charge is 0.410 e. The van der Waals surface area contributed by atoms with Gasteiger partial charge in [0.1, 0.15) is 6.61 Å². The van der Waals surface area contributed by atoms with Crippen molar-refractivity contribution in [2.24, 2.45) is 0 Å². The molecule has 1 amide bonds. The largest absolute Gasteiger partial charge is 0.447 e. The van der Waals surface area contributed by atoms with Gasteiger partial charge >= 0.3 is 6.09 Å².